The van der Waals surface area contributed by atoms with Crippen molar-refractivity contribution in [1.29, 1.82) is 0 Å². The number of likely N-dealkylation sites (tertiary alicyclic amines) is 1. The highest BCUT2D eigenvalue weighted by atomic mass is 35.5. The highest BCUT2D eigenvalue weighted by molar-refractivity contribution is 6.30. The van der Waals surface area contributed by atoms with Crippen LogP contribution in [0.1, 0.15) is 48.8 Å². The van der Waals surface area contributed by atoms with Crippen LogP contribution in [0.25, 0.3) is 11.0 Å². The van der Waals surface area contributed by atoms with Crippen LogP contribution in [0.4, 0.5) is 0 Å². The number of hydrogen-bond acceptors (Lipinski definition) is 4. The SMILES string of the molecule is CO[C@@H]1CN(C[C@H]2Cc3ccc(Cl)cc3C2)CC[C@H]1n1c(C(C)(C)O)nc2cc(C)ccc21. The number of aromatic nitrogens is 2. The molecule has 0 saturated carbocycles. The minimum atomic E-state index is -1.03. The van der Waals surface area contributed by atoms with Crippen molar-refractivity contribution < 1.29 is 9.84 Å². The molecule has 33 heavy (non-hydrogen) atoms. The molecule has 1 aromatic heterocycles. The quantitative estimate of drug-likeness (QED) is 0.579. The average Bonchev–Trinajstić information content (AvgIpc) is 3.33. The van der Waals surface area contributed by atoms with Crippen LogP contribution in [0.3, 0.4) is 0 Å². The van der Waals surface area contributed by atoms with Crippen molar-refractivity contribution in [3.8, 4) is 0 Å². The Hall–Kier alpha value is -1.92. The molecule has 5 nitrogen and oxygen atoms in total. The summed E-state index contributed by atoms with van der Waals surface area (Å²) in [7, 11) is 1.81. The third kappa shape index (κ3) is 4.44. The van der Waals surface area contributed by atoms with E-state index in [-0.39, 0.29) is 12.1 Å². The summed E-state index contributed by atoms with van der Waals surface area (Å²) in [5.74, 6) is 1.34. The molecule has 2 aliphatic rings. The summed E-state index contributed by atoms with van der Waals surface area (Å²) in [6.45, 7) is 8.67. The number of fused-ring (bicyclic) bond motifs is 2. The predicted octanol–water partition coefficient (Wildman–Crippen LogP) is 4.90. The van der Waals surface area contributed by atoms with Crippen molar-refractivity contribution in [2.24, 2.45) is 5.92 Å². The van der Waals surface area contributed by atoms with E-state index in [0.29, 0.717) is 11.7 Å². The molecule has 176 valence electrons. The molecule has 0 bridgehead atoms. The van der Waals surface area contributed by atoms with Crippen molar-refractivity contribution >= 4 is 22.6 Å². The number of rotatable bonds is 5. The predicted molar refractivity (Wildman–Crippen MR) is 133 cm³/mol. The van der Waals surface area contributed by atoms with Crippen LogP contribution in [-0.4, -0.2) is 52.4 Å². The van der Waals surface area contributed by atoms with Gasteiger partial charge in [0.15, 0.2) is 0 Å². The zero-order chi connectivity index (χ0) is 23.3. The van der Waals surface area contributed by atoms with Gasteiger partial charge in [0, 0.05) is 31.8 Å². The summed E-state index contributed by atoms with van der Waals surface area (Å²) in [6.07, 6.45) is 3.23. The summed E-state index contributed by atoms with van der Waals surface area (Å²) in [6, 6.07) is 12.8. The van der Waals surface area contributed by atoms with Crippen molar-refractivity contribution in [3.05, 3.63) is 63.9 Å². The molecule has 0 spiro atoms. The first-order valence-corrected chi connectivity index (χ1v) is 12.3. The highest BCUT2D eigenvalue weighted by Gasteiger charge is 2.37. The third-order valence-electron chi connectivity index (χ3n) is 7.34. The van der Waals surface area contributed by atoms with E-state index in [0.717, 1.165) is 55.0 Å². The smallest absolute Gasteiger partial charge is 0.141 e. The average molecular weight is 468 g/mol. The molecule has 3 atom stereocenters. The van der Waals surface area contributed by atoms with E-state index >= 15 is 0 Å². The van der Waals surface area contributed by atoms with Crippen molar-refractivity contribution in [2.75, 3.05) is 26.7 Å². The van der Waals surface area contributed by atoms with Crippen LogP contribution in [0.15, 0.2) is 36.4 Å². The molecule has 6 heteroatoms. The maximum atomic E-state index is 10.9. The Kier molecular flexibility index (Phi) is 6.02. The monoisotopic (exact) mass is 467 g/mol. The van der Waals surface area contributed by atoms with Gasteiger partial charge in [-0.2, -0.15) is 0 Å². The van der Waals surface area contributed by atoms with Crippen molar-refractivity contribution in [3.63, 3.8) is 0 Å². The Balaban J connectivity index is 1.36. The van der Waals surface area contributed by atoms with Gasteiger partial charge in [-0.3, -0.25) is 0 Å². The fraction of sp³-hybridized carbons (Fsp3) is 0.519. The van der Waals surface area contributed by atoms with Gasteiger partial charge in [-0.15, -0.1) is 0 Å². The van der Waals surface area contributed by atoms with E-state index in [1.807, 2.05) is 27.0 Å². The van der Waals surface area contributed by atoms with Gasteiger partial charge in [-0.25, -0.2) is 4.98 Å². The number of nitrogens with zero attached hydrogens (tertiary/aromatic N) is 3. The maximum absolute atomic E-state index is 10.9. The third-order valence-corrected chi connectivity index (χ3v) is 7.57. The first kappa shape index (κ1) is 22.9. The Morgan fingerprint density at radius 3 is 2.70 bits per heavy atom. The summed E-state index contributed by atoms with van der Waals surface area (Å²) in [5.41, 5.74) is 5.00. The molecule has 0 amide bonds. The van der Waals surface area contributed by atoms with E-state index in [1.54, 1.807) is 0 Å². The van der Waals surface area contributed by atoms with Crippen LogP contribution < -0.4 is 0 Å². The molecule has 5 rings (SSSR count). The topological polar surface area (TPSA) is 50.5 Å². The molecule has 0 radical (unpaired) electrons. The summed E-state index contributed by atoms with van der Waals surface area (Å²) in [4.78, 5) is 7.41. The second-order valence-corrected chi connectivity index (χ2v) is 10.9. The molecule has 1 N–H and O–H groups in total. The van der Waals surface area contributed by atoms with Gasteiger partial charge in [0.05, 0.1) is 23.2 Å². The fourth-order valence-corrected chi connectivity index (χ4v) is 6.00. The lowest BCUT2D eigenvalue weighted by Crippen LogP contribution is -2.47. The zero-order valence-corrected chi connectivity index (χ0v) is 20.8. The van der Waals surface area contributed by atoms with Gasteiger partial charge in [-0.05, 0) is 86.9 Å². The van der Waals surface area contributed by atoms with Gasteiger partial charge in [0.25, 0.3) is 0 Å². The van der Waals surface area contributed by atoms with Crippen molar-refractivity contribution in [1.82, 2.24) is 14.5 Å². The zero-order valence-electron chi connectivity index (χ0n) is 20.0. The van der Waals surface area contributed by atoms with Gasteiger partial charge in [0.2, 0.25) is 0 Å². The minimum Gasteiger partial charge on any atom is -0.383 e. The van der Waals surface area contributed by atoms with E-state index in [9.17, 15) is 5.11 Å². The molecule has 2 heterocycles. The van der Waals surface area contributed by atoms with E-state index < -0.39 is 5.60 Å². The van der Waals surface area contributed by atoms with Crippen molar-refractivity contribution in [2.45, 2.75) is 57.8 Å². The van der Waals surface area contributed by atoms with Gasteiger partial charge in [0.1, 0.15) is 11.4 Å². The first-order chi connectivity index (χ1) is 15.7. The Labute approximate surface area is 201 Å². The van der Waals surface area contributed by atoms with Gasteiger partial charge >= 0.3 is 0 Å². The van der Waals surface area contributed by atoms with Crippen LogP contribution >= 0.6 is 11.6 Å². The van der Waals surface area contributed by atoms with Gasteiger partial charge in [-0.1, -0.05) is 23.7 Å². The maximum Gasteiger partial charge on any atom is 0.141 e. The molecule has 3 aromatic rings. The molecule has 1 saturated heterocycles. The number of piperidine rings is 1. The van der Waals surface area contributed by atoms with Crippen LogP contribution in [0.2, 0.25) is 5.02 Å². The fourth-order valence-electron chi connectivity index (χ4n) is 5.81. The first-order valence-electron chi connectivity index (χ1n) is 12.0. The minimum absolute atomic E-state index is 0.0387. The number of hydrogen-bond donors (Lipinski definition) is 1. The number of aliphatic hydroxyl groups is 1. The lowest BCUT2D eigenvalue weighted by Gasteiger charge is -2.40. The van der Waals surface area contributed by atoms with Gasteiger partial charge < -0.3 is 19.3 Å². The number of aryl methyl sites for hydroxylation is 1. The summed E-state index contributed by atoms with van der Waals surface area (Å²) >= 11 is 6.21. The highest BCUT2D eigenvalue weighted by Crippen LogP contribution is 2.36. The molecular weight excluding hydrogens is 434 g/mol. The number of halogens is 1. The molecule has 2 aromatic carbocycles. The van der Waals surface area contributed by atoms with E-state index in [2.05, 4.69) is 46.7 Å². The van der Waals surface area contributed by atoms with Crippen LogP contribution in [0, 0.1) is 12.8 Å². The Bertz CT molecular complexity index is 1170. The standard InChI is InChI=1S/C27H34ClN3O2/c1-17-5-8-23-22(11-17)29-26(27(2,3)32)31(23)24-9-10-30(16-25(24)33-4)15-18-12-19-6-7-21(28)14-20(19)13-18/h5-8,11,14,18,24-25,32H,9-10,12-13,15-16H2,1-4H3/t18-,24+,25+/m0/s1. The normalized spacial score (nSPS) is 23.9. The Morgan fingerprint density at radius 2 is 1.94 bits per heavy atom. The summed E-state index contributed by atoms with van der Waals surface area (Å²) < 4.78 is 8.29. The molecule has 1 aliphatic carbocycles. The second-order valence-electron chi connectivity index (χ2n) is 10.4. The molecule has 1 aliphatic heterocycles. The lowest BCUT2D eigenvalue weighted by atomic mass is 9.97. The number of benzene rings is 2. The largest absolute Gasteiger partial charge is 0.383 e. The second kappa shape index (κ2) is 8.70. The summed E-state index contributed by atoms with van der Waals surface area (Å²) in [5, 5.41) is 11.8. The lowest BCUT2D eigenvalue weighted by molar-refractivity contribution is -0.0151. The van der Waals surface area contributed by atoms with E-state index in [1.165, 1.54) is 16.7 Å². The molecule has 1 fully saturated rings. The Morgan fingerprint density at radius 1 is 1.15 bits per heavy atom. The molecular formula is C27H34ClN3O2. The number of imidazole rings is 1. The molecule has 0 unspecified atom stereocenters. The van der Waals surface area contributed by atoms with Crippen LogP contribution in [0.5, 0.6) is 0 Å². The number of methoxy groups -OCH3 is 1. The number of ether oxygens (including phenoxy) is 1. The van der Waals surface area contributed by atoms with Crippen LogP contribution in [-0.2, 0) is 23.2 Å². The van der Waals surface area contributed by atoms with E-state index in [4.69, 9.17) is 21.3 Å².